The molecule has 0 aromatic carbocycles. The molecule has 1 aliphatic rings. The maximum atomic E-state index is 5.81. The highest BCUT2D eigenvalue weighted by Crippen LogP contribution is 2.24. The van der Waals surface area contributed by atoms with Gasteiger partial charge in [0.2, 0.25) is 0 Å². The van der Waals surface area contributed by atoms with Gasteiger partial charge in [-0.2, -0.15) is 0 Å². The largest absolute Gasteiger partial charge is 0.266 e. The van der Waals surface area contributed by atoms with Gasteiger partial charge in [0.1, 0.15) is 0 Å². The Labute approximate surface area is 54.1 Å². The van der Waals surface area contributed by atoms with E-state index >= 15 is 0 Å². The third-order valence-electron chi connectivity index (χ3n) is 1.08. The van der Waals surface area contributed by atoms with E-state index in [1.807, 2.05) is 12.2 Å². The van der Waals surface area contributed by atoms with E-state index in [1.54, 1.807) is 6.21 Å². The van der Waals surface area contributed by atoms with Crippen molar-refractivity contribution in [2.45, 2.75) is 11.4 Å². The first-order chi connectivity index (χ1) is 3.77. The molecule has 0 saturated heterocycles. The molecule has 1 nitrogen and oxygen atoms in total. The molecule has 0 amide bonds. The van der Waals surface area contributed by atoms with Gasteiger partial charge in [-0.1, -0.05) is 11.6 Å². The highest BCUT2D eigenvalue weighted by molar-refractivity contribution is 6.26. The van der Waals surface area contributed by atoms with Crippen LogP contribution in [0.25, 0.3) is 0 Å². The van der Waals surface area contributed by atoms with E-state index in [9.17, 15) is 0 Å². The van der Waals surface area contributed by atoms with E-state index in [0.717, 1.165) is 0 Å². The fourth-order valence-corrected chi connectivity index (χ4v) is 0.677. The smallest absolute Gasteiger partial charge is 0.152 e. The molecule has 1 aliphatic heterocycles. The molecule has 8 heavy (non-hydrogen) atoms. The summed E-state index contributed by atoms with van der Waals surface area (Å²) in [5.74, 6) is 0. The lowest BCUT2D eigenvalue weighted by molar-refractivity contribution is 0.766. The van der Waals surface area contributed by atoms with Crippen LogP contribution in [0.3, 0.4) is 0 Å². The molecule has 1 atom stereocenters. The molecule has 0 aliphatic carbocycles. The Hall–Kier alpha value is -0.300. The Morgan fingerprint density at radius 2 is 2.50 bits per heavy atom. The summed E-state index contributed by atoms with van der Waals surface area (Å²) in [6, 6.07) is 0. The van der Waals surface area contributed by atoms with Crippen molar-refractivity contribution in [3.8, 4) is 0 Å². The van der Waals surface area contributed by atoms with Crippen molar-refractivity contribution in [1.29, 1.82) is 0 Å². The molecule has 0 bridgehead atoms. The maximum Gasteiger partial charge on any atom is 0.152 e. The van der Waals surface area contributed by atoms with Crippen LogP contribution in [0.15, 0.2) is 17.1 Å². The predicted octanol–water partition coefficient (Wildman–Crippen LogP) is 1.79. The highest BCUT2D eigenvalue weighted by atomic mass is 35.5. The summed E-state index contributed by atoms with van der Waals surface area (Å²) in [6.07, 6.45) is 5.97. The molecule has 0 aromatic rings. The molecule has 1 rings (SSSR count). The number of allylic oxidation sites excluding steroid dienone is 1. The van der Waals surface area contributed by atoms with Crippen molar-refractivity contribution < 1.29 is 0 Å². The highest BCUT2D eigenvalue weighted by Gasteiger charge is 2.20. The van der Waals surface area contributed by atoms with Gasteiger partial charge in [-0.15, -0.1) is 0 Å². The normalized spacial score (nSPS) is 34.2. The number of alkyl halides is 1. The zero-order valence-electron chi connectivity index (χ0n) is 4.47. The van der Waals surface area contributed by atoms with Gasteiger partial charge in [0.05, 0.1) is 0 Å². The summed E-state index contributed by atoms with van der Waals surface area (Å²) in [5, 5.41) is 0. The molecule has 1 unspecified atom stereocenters. The van der Waals surface area contributed by atoms with Gasteiger partial charge in [0, 0.05) is 6.21 Å². The second kappa shape index (κ2) is 1.90. The fraction of sp³-hybridized carbons (Fsp3) is 0.333. The Bertz CT molecular complexity index is 125. The minimum absolute atomic E-state index is 0.514. The van der Waals surface area contributed by atoms with Gasteiger partial charge < -0.3 is 0 Å². The third kappa shape index (κ3) is 0.920. The van der Waals surface area contributed by atoms with Crippen LogP contribution in [0.2, 0.25) is 0 Å². The summed E-state index contributed by atoms with van der Waals surface area (Å²) in [6.45, 7) is 3.64. The summed E-state index contributed by atoms with van der Waals surface area (Å²) in [5.41, 5.74) is 0. The van der Waals surface area contributed by atoms with Gasteiger partial charge >= 0.3 is 0 Å². The molecule has 0 aromatic heterocycles. The molecule has 1 radical (unpaired) electrons. The Morgan fingerprint density at radius 3 is 2.75 bits per heavy atom. The fourth-order valence-electron chi connectivity index (χ4n) is 0.548. The van der Waals surface area contributed by atoms with E-state index < -0.39 is 5.00 Å². The Kier molecular flexibility index (Phi) is 1.39. The van der Waals surface area contributed by atoms with Crippen molar-refractivity contribution in [1.82, 2.24) is 0 Å². The summed E-state index contributed by atoms with van der Waals surface area (Å²) >= 11 is 5.81. The van der Waals surface area contributed by atoms with Gasteiger partial charge in [-0.05, 0) is 25.5 Å². The first-order valence-corrected chi connectivity index (χ1v) is 2.86. The van der Waals surface area contributed by atoms with Crippen LogP contribution in [-0.4, -0.2) is 11.2 Å². The zero-order chi connectivity index (χ0) is 6.04. The maximum absolute atomic E-state index is 5.81. The lowest BCUT2D eigenvalue weighted by atomic mass is 10.2. The minimum Gasteiger partial charge on any atom is -0.266 e. The van der Waals surface area contributed by atoms with Crippen LogP contribution < -0.4 is 0 Å². The summed E-state index contributed by atoms with van der Waals surface area (Å²) < 4.78 is 0. The van der Waals surface area contributed by atoms with E-state index in [4.69, 9.17) is 11.6 Å². The predicted molar refractivity (Wildman–Crippen MR) is 36.2 cm³/mol. The van der Waals surface area contributed by atoms with Gasteiger partial charge in [-0.25, -0.2) is 0 Å². The molecule has 0 N–H and O–H groups in total. The number of halogens is 1. The second-order valence-electron chi connectivity index (χ2n) is 1.71. The van der Waals surface area contributed by atoms with Gasteiger partial charge in [-0.3, -0.25) is 4.99 Å². The number of hydrogen-bond acceptors (Lipinski definition) is 1. The number of aliphatic imine (C=N–C) groups is 1. The zero-order valence-corrected chi connectivity index (χ0v) is 5.23. The van der Waals surface area contributed by atoms with Crippen LogP contribution in [-0.2, 0) is 0 Å². The van der Waals surface area contributed by atoms with Crippen LogP contribution in [0.1, 0.15) is 6.42 Å². The SMILES string of the molecule is [CH2]CC1(Cl)C=CC=N1. The molecular weight excluding hydrogens is 122 g/mol. The lowest BCUT2D eigenvalue weighted by Gasteiger charge is -2.10. The molecule has 1 heterocycles. The molecule has 0 spiro atoms. The average Bonchev–Trinajstić information content (AvgIpc) is 2.17. The van der Waals surface area contributed by atoms with Crippen LogP contribution in [0.4, 0.5) is 0 Å². The summed E-state index contributed by atoms with van der Waals surface area (Å²) in [4.78, 5) is 3.44. The molecule has 2 heteroatoms. The Morgan fingerprint density at radius 1 is 1.75 bits per heavy atom. The number of rotatable bonds is 1. The second-order valence-corrected chi connectivity index (χ2v) is 2.36. The molecule has 43 valence electrons. The monoisotopic (exact) mass is 128 g/mol. The quantitative estimate of drug-likeness (QED) is 0.377. The summed E-state index contributed by atoms with van der Waals surface area (Å²) in [7, 11) is 0. The topological polar surface area (TPSA) is 12.4 Å². The number of hydrogen-bond donors (Lipinski definition) is 0. The standard InChI is InChI=1S/C6H7ClN/c1-2-6(7)4-3-5-8-6/h3-5H,1-2H2. The van der Waals surface area contributed by atoms with E-state index in [1.165, 1.54) is 0 Å². The first-order valence-electron chi connectivity index (χ1n) is 2.48. The van der Waals surface area contributed by atoms with Crippen molar-refractivity contribution in [3.63, 3.8) is 0 Å². The Balaban J connectivity index is 2.69. The molecule has 0 saturated carbocycles. The average molecular weight is 129 g/mol. The van der Waals surface area contributed by atoms with Crippen molar-refractivity contribution >= 4 is 17.8 Å². The molecular formula is C6H7ClN. The minimum atomic E-state index is -0.514. The van der Waals surface area contributed by atoms with E-state index in [-0.39, 0.29) is 0 Å². The van der Waals surface area contributed by atoms with Crippen LogP contribution in [0, 0.1) is 6.92 Å². The molecule has 0 fully saturated rings. The first kappa shape index (κ1) is 5.83. The lowest BCUT2D eigenvalue weighted by Crippen LogP contribution is -2.09. The van der Waals surface area contributed by atoms with Crippen molar-refractivity contribution in [2.24, 2.45) is 4.99 Å². The van der Waals surface area contributed by atoms with E-state index in [0.29, 0.717) is 6.42 Å². The van der Waals surface area contributed by atoms with E-state index in [2.05, 4.69) is 11.9 Å². The van der Waals surface area contributed by atoms with Gasteiger partial charge in [0.15, 0.2) is 5.00 Å². The number of nitrogens with zero attached hydrogens (tertiary/aromatic N) is 1. The van der Waals surface area contributed by atoms with Gasteiger partial charge in [0.25, 0.3) is 0 Å². The van der Waals surface area contributed by atoms with Crippen molar-refractivity contribution in [2.75, 3.05) is 0 Å². The van der Waals surface area contributed by atoms with Crippen molar-refractivity contribution in [3.05, 3.63) is 19.1 Å². The third-order valence-corrected chi connectivity index (χ3v) is 1.49. The van der Waals surface area contributed by atoms with Crippen LogP contribution >= 0.6 is 11.6 Å². The van der Waals surface area contributed by atoms with Crippen LogP contribution in [0.5, 0.6) is 0 Å².